The Morgan fingerprint density at radius 3 is 2.48 bits per heavy atom. The number of carbonyl (C=O) groups is 1. The number of benzene rings is 2. The fourth-order valence-electron chi connectivity index (χ4n) is 3.58. The first kappa shape index (κ1) is 17.4. The van der Waals surface area contributed by atoms with Crippen molar-refractivity contribution in [2.24, 2.45) is 0 Å². The van der Waals surface area contributed by atoms with Crippen molar-refractivity contribution in [1.29, 1.82) is 0 Å². The highest BCUT2D eigenvalue weighted by Crippen LogP contribution is 2.24. The van der Waals surface area contributed by atoms with E-state index in [9.17, 15) is 9.90 Å². The molecule has 1 amide bonds. The summed E-state index contributed by atoms with van der Waals surface area (Å²) in [6.45, 7) is 2.97. The third-order valence-corrected chi connectivity index (χ3v) is 5.07. The molecule has 5 heteroatoms. The Hall–Kier alpha value is -3.05. The van der Waals surface area contributed by atoms with E-state index in [0.717, 1.165) is 41.2 Å². The van der Waals surface area contributed by atoms with Crippen LogP contribution in [0.3, 0.4) is 0 Å². The molecule has 1 aliphatic rings. The van der Waals surface area contributed by atoms with E-state index in [1.54, 1.807) is 0 Å². The highest BCUT2D eigenvalue weighted by atomic mass is 16.3. The lowest BCUT2D eigenvalue weighted by Crippen LogP contribution is -2.48. The number of nitrogens with zero attached hydrogens (tertiary/aromatic N) is 2. The number of aliphatic hydroxyl groups excluding tert-OH is 1. The average molecular weight is 361 g/mol. The van der Waals surface area contributed by atoms with Gasteiger partial charge in [-0.25, -0.2) is 0 Å². The summed E-state index contributed by atoms with van der Waals surface area (Å²) in [6, 6.07) is 19.7. The molecular formula is C22H23N3O2. The maximum absolute atomic E-state index is 13.1. The van der Waals surface area contributed by atoms with E-state index in [1.165, 1.54) is 0 Å². The smallest absolute Gasteiger partial charge is 0.256 e. The lowest BCUT2D eigenvalue weighted by molar-refractivity contribution is 0.0748. The summed E-state index contributed by atoms with van der Waals surface area (Å²) in [5.41, 5.74) is 4.62. The van der Waals surface area contributed by atoms with E-state index >= 15 is 0 Å². The molecule has 1 fully saturated rings. The lowest BCUT2D eigenvalue weighted by atomic mass is 10.1. The van der Waals surface area contributed by atoms with Gasteiger partial charge in [0.2, 0.25) is 0 Å². The molecule has 2 N–H and O–H groups in total. The van der Waals surface area contributed by atoms with Crippen LogP contribution in [0.5, 0.6) is 0 Å². The van der Waals surface area contributed by atoms with E-state index in [4.69, 9.17) is 0 Å². The first-order chi connectivity index (χ1) is 13.3. The number of piperazine rings is 1. The van der Waals surface area contributed by atoms with Gasteiger partial charge in [-0.05, 0) is 29.3 Å². The molecule has 27 heavy (non-hydrogen) atoms. The van der Waals surface area contributed by atoms with Crippen molar-refractivity contribution >= 4 is 11.6 Å². The van der Waals surface area contributed by atoms with E-state index in [-0.39, 0.29) is 12.5 Å². The molecule has 4 rings (SSSR count). The normalized spacial score (nSPS) is 14.4. The molecule has 1 aliphatic heterocycles. The number of hydrogen-bond donors (Lipinski definition) is 2. The summed E-state index contributed by atoms with van der Waals surface area (Å²) >= 11 is 0. The van der Waals surface area contributed by atoms with Crippen LogP contribution in [0.4, 0.5) is 5.69 Å². The summed E-state index contributed by atoms with van der Waals surface area (Å²) in [5.74, 6) is 0.0684. The number of carbonyl (C=O) groups excluding carboxylic acids is 1. The molecule has 0 saturated carbocycles. The minimum atomic E-state index is 0.0437. The Balaban J connectivity index is 1.46. The number of rotatable bonds is 4. The third kappa shape index (κ3) is 3.59. The van der Waals surface area contributed by atoms with Crippen LogP contribution in [0.2, 0.25) is 0 Å². The topological polar surface area (TPSA) is 59.6 Å². The third-order valence-electron chi connectivity index (χ3n) is 5.07. The zero-order valence-electron chi connectivity index (χ0n) is 15.1. The van der Waals surface area contributed by atoms with Crippen LogP contribution in [0, 0.1) is 0 Å². The average Bonchev–Trinajstić information content (AvgIpc) is 3.24. The SMILES string of the molecule is O=C(c1cc[nH]c1-c1ccccc1)N1CCN(c2cccc(CO)c2)CC1. The number of H-pyrrole nitrogens is 1. The van der Waals surface area contributed by atoms with Crippen LogP contribution in [0.15, 0.2) is 66.9 Å². The first-order valence-corrected chi connectivity index (χ1v) is 9.23. The van der Waals surface area contributed by atoms with Gasteiger partial charge in [-0.15, -0.1) is 0 Å². The fourth-order valence-corrected chi connectivity index (χ4v) is 3.58. The van der Waals surface area contributed by atoms with Crippen molar-refractivity contribution in [2.45, 2.75) is 6.61 Å². The lowest BCUT2D eigenvalue weighted by Gasteiger charge is -2.36. The summed E-state index contributed by atoms with van der Waals surface area (Å²) in [6.07, 6.45) is 1.83. The van der Waals surface area contributed by atoms with Crippen LogP contribution in [-0.2, 0) is 6.61 Å². The van der Waals surface area contributed by atoms with Crippen molar-refractivity contribution < 1.29 is 9.90 Å². The molecule has 3 aromatic rings. The van der Waals surface area contributed by atoms with Crippen LogP contribution < -0.4 is 4.90 Å². The van der Waals surface area contributed by atoms with E-state index in [1.807, 2.05) is 65.7 Å². The number of aromatic amines is 1. The largest absolute Gasteiger partial charge is 0.392 e. The molecule has 0 radical (unpaired) electrons. The first-order valence-electron chi connectivity index (χ1n) is 9.23. The Morgan fingerprint density at radius 2 is 1.74 bits per heavy atom. The summed E-state index contributed by atoms with van der Waals surface area (Å²) in [5, 5.41) is 9.33. The highest BCUT2D eigenvalue weighted by Gasteiger charge is 2.25. The van der Waals surface area contributed by atoms with Gasteiger partial charge in [0.25, 0.3) is 5.91 Å². The Morgan fingerprint density at radius 1 is 0.963 bits per heavy atom. The number of aliphatic hydroxyl groups is 1. The number of hydrogen-bond acceptors (Lipinski definition) is 3. The quantitative estimate of drug-likeness (QED) is 0.751. The molecular weight excluding hydrogens is 338 g/mol. The van der Waals surface area contributed by atoms with Gasteiger partial charge in [0, 0.05) is 38.1 Å². The van der Waals surface area contributed by atoms with Crippen LogP contribution in [-0.4, -0.2) is 47.1 Å². The number of anilines is 1. The maximum Gasteiger partial charge on any atom is 0.256 e. The van der Waals surface area contributed by atoms with E-state index in [0.29, 0.717) is 13.1 Å². The van der Waals surface area contributed by atoms with Gasteiger partial charge in [0.1, 0.15) is 0 Å². The molecule has 138 valence electrons. The Kier molecular flexibility index (Phi) is 4.94. The number of nitrogens with one attached hydrogen (secondary N) is 1. The Bertz CT molecular complexity index is 912. The van der Waals surface area contributed by atoms with Crippen molar-refractivity contribution in [3.05, 3.63) is 78.0 Å². The minimum Gasteiger partial charge on any atom is -0.392 e. The predicted molar refractivity (Wildman–Crippen MR) is 107 cm³/mol. The molecule has 0 bridgehead atoms. The van der Waals surface area contributed by atoms with Crippen molar-refractivity contribution in [3.63, 3.8) is 0 Å². The number of amides is 1. The van der Waals surface area contributed by atoms with Gasteiger partial charge in [-0.3, -0.25) is 4.79 Å². The van der Waals surface area contributed by atoms with E-state index in [2.05, 4.69) is 16.0 Å². The van der Waals surface area contributed by atoms with Gasteiger partial charge in [0.15, 0.2) is 0 Å². The van der Waals surface area contributed by atoms with Gasteiger partial charge in [-0.1, -0.05) is 42.5 Å². The van der Waals surface area contributed by atoms with Crippen molar-refractivity contribution in [1.82, 2.24) is 9.88 Å². The highest BCUT2D eigenvalue weighted by molar-refractivity contribution is 6.00. The van der Waals surface area contributed by atoms with Crippen LogP contribution >= 0.6 is 0 Å². The second-order valence-corrected chi connectivity index (χ2v) is 6.74. The monoisotopic (exact) mass is 361 g/mol. The van der Waals surface area contributed by atoms with Gasteiger partial charge in [0.05, 0.1) is 17.9 Å². The van der Waals surface area contributed by atoms with E-state index < -0.39 is 0 Å². The van der Waals surface area contributed by atoms with Crippen molar-refractivity contribution in [2.75, 3.05) is 31.1 Å². The van der Waals surface area contributed by atoms with Crippen molar-refractivity contribution in [3.8, 4) is 11.3 Å². The molecule has 0 atom stereocenters. The molecule has 0 aliphatic carbocycles. The van der Waals surface area contributed by atoms with Crippen LogP contribution in [0.25, 0.3) is 11.3 Å². The van der Waals surface area contributed by atoms with Gasteiger partial charge in [-0.2, -0.15) is 0 Å². The second-order valence-electron chi connectivity index (χ2n) is 6.74. The van der Waals surface area contributed by atoms with Gasteiger partial charge < -0.3 is 19.9 Å². The standard InChI is InChI=1S/C22H23N3O2/c26-16-17-5-4-8-19(15-17)24-11-13-25(14-12-24)22(27)20-9-10-23-21(20)18-6-2-1-3-7-18/h1-10,15,23,26H,11-14,16H2. The molecule has 2 aromatic carbocycles. The van der Waals surface area contributed by atoms with Gasteiger partial charge >= 0.3 is 0 Å². The van der Waals surface area contributed by atoms with Crippen LogP contribution in [0.1, 0.15) is 15.9 Å². The molecule has 0 spiro atoms. The maximum atomic E-state index is 13.1. The summed E-state index contributed by atoms with van der Waals surface area (Å²) in [4.78, 5) is 20.4. The Labute approximate surface area is 158 Å². The second kappa shape index (κ2) is 7.68. The minimum absolute atomic E-state index is 0.0437. The zero-order chi connectivity index (χ0) is 18.6. The molecule has 1 saturated heterocycles. The summed E-state index contributed by atoms with van der Waals surface area (Å²) < 4.78 is 0. The predicted octanol–water partition coefficient (Wildman–Crippen LogP) is 3.14. The molecule has 0 unspecified atom stereocenters. The zero-order valence-corrected chi connectivity index (χ0v) is 15.1. The molecule has 5 nitrogen and oxygen atoms in total. The summed E-state index contributed by atoms with van der Waals surface area (Å²) in [7, 11) is 0. The molecule has 1 aromatic heterocycles. The fraction of sp³-hybridized carbons (Fsp3) is 0.227. The molecule has 2 heterocycles. The number of aromatic nitrogens is 1.